The third kappa shape index (κ3) is 1.99. The Kier molecular flexibility index (Phi) is 2.02. The molecule has 1 aliphatic rings. The molecule has 1 heterocycles. The van der Waals surface area contributed by atoms with Crippen LogP contribution < -0.4 is 5.32 Å². The zero-order chi connectivity index (χ0) is 9.47. The van der Waals surface area contributed by atoms with Crippen molar-refractivity contribution in [1.29, 1.82) is 0 Å². The van der Waals surface area contributed by atoms with Crippen LogP contribution in [0.3, 0.4) is 0 Å². The molecule has 0 saturated heterocycles. The SMILES string of the molecule is Cc1nsc(NC(C)(C)C2CC2)n1. The molecule has 1 aliphatic carbocycles. The molecule has 2 rings (SSSR count). The van der Waals surface area contributed by atoms with E-state index in [0.29, 0.717) is 0 Å². The second kappa shape index (κ2) is 2.94. The molecule has 1 N–H and O–H groups in total. The van der Waals surface area contributed by atoms with Crippen molar-refractivity contribution in [3.8, 4) is 0 Å². The lowest BCUT2D eigenvalue weighted by molar-refractivity contribution is 0.494. The lowest BCUT2D eigenvalue weighted by Crippen LogP contribution is -2.33. The summed E-state index contributed by atoms with van der Waals surface area (Å²) in [6, 6.07) is 0. The van der Waals surface area contributed by atoms with E-state index in [2.05, 4.69) is 28.5 Å². The van der Waals surface area contributed by atoms with Gasteiger partial charge >= 0.3 is 0 Å². The van der Waals surface area contributed by atoms with Crippen molar-refractivity contribution < 1.29 is 0 Å². The normalized spacial score (nSPS) is 17.5. The van der Waals surface area contributed by atoms with Gasteiger partial charge < -0.3 is 5.32 Å². The number of anilines is 1. The highest BCUT2D eigenvalue weighted by Gasteiger charge is 2.38. The van der Waals surface area contributed by atoms with E-state index in [1.54, 1.807) is 0 Å². The van der Waals surface area contributed by atoms with Crippen molar-refractivity contribution in [2.75, 3.05) is 5.32 Å². The van der Waals surface area contributed by atoms with Crippen LogP contribution in [0.25, 0.3) is 0 Å². The molecule has 1 fully saturated rings. The molecule has 0 unspecified atom stereocenters. The average Bonchev–Trinajstić information content (AvgIpc) is 2.78. The van der Waals surface area contributed by atoms with Gasteiger partial charge in [-0.05, 0) is 39.5 Å². The predicted octanol–water partition coefficient (Wildman–Crippen LogP) is 2.45. The summed E-state index contributed by atoms with van der Waals surface area (Å²) in [5.74, 6) is 1.68. The van der Waals surface area contributed by atoms with Crippen LogP contribution >= 0.6 is 11.5 Å². The van der Waals surface area contributed by atoms with Crippen molar-refractivity contribution in [2.24, 2.45) is 5.92 Å². The van der Waals surface area contributed by atoms with Crippen LogP contribution in [0.5, 0.6) is 0 Å². The Morgan fingerprint density at radius 2 is 2.15 bits per heavy atom. The number of aromatic nitrogens is 2. The van der Waals surface area contributed by atoms with Crippen LogP contribution in [0.15, 0.2) is 0 Å². The van der Waals surface area contributed by atoms with Crippen molar-refractivity contribution in [1.82, 2.24) is 9.36 Å². The first-order valence-corrected chi connectivity index (χ1v) is 5.44. The molecule has 4 heteroatoms. The highest BCUT2D eigenvalue weighted by atomic mass is 32.1. The highest BCUT2D eigenvalue weighted by Crippen LogP contribution is 2.41. The summed E-state index contributed by atoms with van der Waals surface area (Å²) < 4.78 is 4.15. The Balaban J connectivity index is 2.04. The fourth-order valence-corrected chi connectivity index (χ4v) is 2.27. The Morgan fingerprint density at radius 1 is 1.46 bits per heavy atom. The molecule has 0 amide bonds. The van der Waals surface area contributed by atoms with Gasteiger partial charge in [0.1, 0.15) is 5.82 Å². The summed E-state index contributed by atoms with van der Waals surface area (Å²) in [6.07, 6.45) is 2.69. The second-order valence-corrected chi connectivity index (χ2v) is 5.02. The van der Waals surface area contributed by atoms with E-state index in [1.807, 2.05) is 6.92 Å². The average molecular weight is 197 g/mol. The minimum Gasteiger partial charge on any atom is -0.355 e. The largest absolute Gasteiger partial charge is 0.355 e. The fraction of sp³-hybridized carbons (Fsp3) is 0.778. The number of hydrogen-bond donors (Lipinski definition) is 1. The summed E-state index contributed by atoms with van der Waals surface area (Å²) in [4.78, 5) is 4.30. The number of nitrogens with zero attached hydrogens (tertiary/aromatic N) is 2. The summed E-state index contributed by atoms with van der Waals surface area (Å²) in [5.41, 5.74) is 0.186. The molecular weight excluding hydrogens is 182 g/mol. The quantitative estimate of drug-likeness (QED) is 0.808. The third-order valence-electron chi connectivity index (χ3n) is 2.55. The van der Waals surface area contributed by atoms with Gasteiger partial charge in [-0.2, -0.15) is 4.37 Å². The number of rotatable bonds is 3. The van der Waals surface area contributed by atoms with E-state index < -0.39 is 0 Å². The van der Waals surface area contributed by atoms with Gasteiger partial charge in [0.15, 0.2) is 0 Å². The molecular formula is C9H15N3S. The molecule has 0 aromatic carbocycles. The van der Waals surface area contributed by atoms with Crippen LogP contribution in [0, 0.1) is 12.8 Å². The van der Waals surface area contributed by atoms with Crippen LogP contribution in [-0.4, -0.2) is 14.9 Å². The van der Waals surface area contributed by atoms with E-state index in [1.165, 1.54) is 24.4 Å². The summed E-state index contributed by atoms with van der Waals surface area (Å²) >= 11 is 1.45. The van der Waals surface area contributed by atoms with Gasteiger partial charge in [0.2, 0.25) is 5.13 Å². The molecule has 3 nitrogen and oxygen atoms in total. The maximum atomic E-state index is 4.30. The standard InChI is InChI=1S/C9H15N3S/c1-6-10-8(13-12-6)11-9(2,3)7-4-5-7/h7H,4-5H2,1-3H3,(H,10,11,12). The zero-order valence-electron chi connectivity index (χ0n) is 8.29. The van der Waals surface area contributed by atoms with Crippen LogP contribution in [0.4, 0.5) is 5.13 Å². The Bertz CT molecular complexity index is 302. The maximum absolute atomic E-state index is 4.30. The van der Waals surface area contributed by atoms with Gasteiger partial charge in [-0.15, -0.1) is 0 Å². The Labute approximate surface area is 82.8 Å². The second-order valence-electron chi connectivity index (χ2n) is 4.27. The van der Waals surface area contributed by atoms with Crippen molar-refractivity contribution in [2.45, 2.75) is 39.2 Å². The molecule has 1 aromatic heterocycles. The molecule has 0 spiro atoms. The lowest BCUT2D eigenvalue weighted by atomic mass is 9.99. The van der Waals surface area contributed by atoms with E-state index >= 15 is 0 Å². The van der Waals surface area contributed by atoms with Gasteiger partial charge in [0.05, 0.1) is 0 Å². The van der Waals surface area contributed by atoms with Gasteiger partial charge in [-0.25, -0.2) is 4.98 Å². The summed E-state index contributed by atoms with van der Waals surface area (Å²) in [7, 11) is 0. The van der Waals surface area contributed by atoms with Crippen molar-refractivity contribution >= 4 is 16.7 Å². The van der Waals surface area contributed by atoms with E-state index in [4.69, 9.17) is 0 Å². The van der Waals surface area contributed by atoms with Crippen molar-refractivity contribution in [3.05, 3.63) is 5.82 Å². The van der Waals surface area contributed by atoms with Gasteiger partial charge in [0, 0.05) is 17.1 Å². The smallest absolute Gasteiger partial charge is 0.202 e. The molecule has 1 aromatic rings. The number of hydrogen-bond acceptors (Lipinski definition) is 4. The molecule has 0 atom stereocenters. The summed E-state index contributed by atoms with van der Waals surface area (Å²) in [5, 5.41) is 4.40. The zero-order valence-corrected chi connectivity index (χ0v) is 9.11. The van der Waals surface area contributed by atoms with Gasteiger partial charge in [0.25, 0.3) is 0 Å². The Morgan fingerprint density at radius 3 is 2.62 bits per heavy atom. The fourth-order valence-electron chi connectivity index (χ4n) is 1.53. The molecule has 0 aliphatic heterocycles. The first kappa shape index (κ1) is 8.94. The molecule has 0 bridgehead atoms. The molecule has 1 saturated carbocycles. The maximum Gasteiger partial charge on any atom is 0.202 e. The van der Waals surface area contributed by atoms with Crippen LogP contribution in [0.2, 0.25) is 0 Å². The van der Waals surface area contributed by atoms with Crippen molar-refractivity contribution in [3.63, 3.8) is 0 Å². The van der Waals surface area contributed by atoms with E-state index in [0.717, 1.165) is 16.9 Å². The number of nitrogens with one attached hydrogen (secondary N) is 1. The highest BCUT2D eigenvalue weighted by molar-refractivity contribution is 7.09. The lowest BCUT2D eigenvalue weighted by Gasteiger charge is -2.25. The van der Waals surface area contributed by atoms with E-state index in [9.17, 15) is 0 Å². The topological polar surface area (TPSA) is 37.8 Å². The minimum absolute atomic E-state index is 0.186. The number of aryl methyl sites for hydroxylation is 1. The van der Waals surface area contributed by atoms with Crippen LogP contribution in [-0.2, 0) is 0 Å². The first-order valence-electron chi connectivity index (χ1n) is 4.66. The van der Waals surface area contributed by atoms with Crippen LogP contribution in [0.1, 0.15) is 32.5 Å². The van der Waals surface area contributed by atoms with Gasteiger partial charge in [-0.1, -0.05) is 0 Å². The van der Waals surface area contributed by atoms with E-state index in [-0.39, 0.29) is 5.54 Å². The minimum atomic E-state index is 0.186. The molecule has 0 radical (unpaired) electrons. The summed E-state index contributed by atoms with van der Waals surface area (Å²) in [6.45, 7) is 6.40. The Hall–Kier alpha value is -0.640. The van der Waals surface area contributed by atoms with Gasteiger partial charge in [-0.3, -0.25) is 0 Å². The monoisotopic (exact) mass is 197 g/mol. The molecule has 13 heavy (non-hydrogen) atoms. The third-order valence-corrected chi connectivity index (χ3v) is 3.28. The molecule has 72 valence electrons. The first-order chi connectivity index (χ1) is 6.08. The predicted molar refractivity (Wildman–Crippen MR) is 55.1 cm³/mol.